The number of hydrogen-bond acceptors (Lipinski definition) is 12. The average molecular weight is 1490 g/mol. The minimum Gasteiger partial charge on any atom is -0.347 e. The second kappa shape index (κ2) is 36.7. The van der Waals surface area contributed by atoms with Crippen molar-refractivity contribution in [3.05, 3.63) is 0 Å². The van der Waals surface area contributed by atoms with E-state index in [0.717, 1.165) is 45.3 Å². The first-order chi connectivity index (χ1) is 48.1. The first kappa shape index (κ1) is 85.5. The van der Waals surface area contributed by atoms with E-state index in [4.69, 9.17) is 11.6 Å². The molecular weight excluding hydrogens is 1370 g/mol. The topological polar surface area (TPSA) is 270 Å². The summed E-state index contributed by atoms with van der Waals surface area (Å²) in [4.78, 5) is 190. The van der Waals surface area contributed by atoms with Crippen molar-refractivity contribution in [1.82, 2.24) is 60.0 Å². The van der Waals surface area contributed by atoms with Gasteiger partial charge in [-0.25, -0.2) is 8.78 Å². The van der Waals surface area contributed by atoms with Crippen molar-refractivity contribution >= 4 is 82.5 Å². The number of carbonyl (C=O) groups excluding carboxylic acids is 12. The van der Waals surface area contributed by atoms with E-state index < -0.39 is 197 Å². The Labute approximate surface area is 611 Å². The predicted molar refractivity (Wildman–Crippen MR) is 377 cm³/mol. The Morgan fingerprint density at radius 2 is 1.18 bits per heavy atom. The number of nitrogens with one attached hydrogen (secondary N) is 3. The van der Waals surface area contributed by atoms with Crippen LogP contribution >= 0.6 is 11.6 Å². The molecular formula is C73H118ClF5N12O12. The molecule has 0 aromatic rings. The molecule has 0 aromatic heterocycles. The zero-order valence-corrected chi connectivity index (χ0v) is 64.4. The first-order valence-corrected chi connectivity index (χ1v) is 37.8. The molecule has 6 rings (SSSR count). The highest BCUT2D eigenvalue weighted by Crippen LogP contribution is 2.44. The molecule has 6 aliphatic rings. The first-order valence-electron chi connectivity index (χ1n) is 37.4. The van der Waals surface area contributed by atoms with Crippen molar-refractivity contribution in [1.29, 1.82) is 0 Å². The fourth-order valence-electron chi connectivity index (χ4n) is 16.1. The summed E-state index contributed by atoms with van der Waals surface area (Å²) in [7, 11) is 12.4. The SMILES string of the molecule is CC[C@H](C)[C@@H]1NC(=O)[C@H](C)N(C)C(=O)C[C@@H](C(=O)N(C)C)N(C)C(=O)[C@H]([C@@H](C)CC)N(C)C(=O)C2(CCCC2)NC(=O)[C@H](CC2CCC(F)C(F)C2)N(C)C(=O)[C@H](CCC2CCC(C(F)(F)F)C(Cl)C2)NC(=O)CN(C)C(=O)[C@H](CC2CCC(C)CC2)N(C)C(=O)[C@@H]2CCN2C(=O)[C@H](C)N(C)C1=O. The molecule has 0 radical (unpaired) electrons. The van der Waals surface area contributed by atoms with Gasteiger partial charge in [-0.1, -0.05) is 86.0 Å². The molecule has 3 N–H and O–H groups in total. The zero-order chi connectivity index (χ0) is 77.2. The molecule has 2 saturated heterocycles. The van der Waals surface area contributed by atoms with E-state index in [1.54, 1.807) is 27.7 Å². The summed E-state index contributed by atoms with van der Waals surface area (Å²) in [6.45, 7) is 11.5. The Kier molecular flexibility index (Phi) is 30.5. The maximum atomic E-state index is 15.6. The summed E-state index contributed by atoms with van der Waals surface area (Å²) >= 11 is 6.42. The van der Waals surface area contributed by atoms with Gasteiger partial charge in [0, 0.05) is 75.4 Å². The Balaban J connectivity index is 1.46. The number of halogens is 6. The molecule has 0 bridgehead atoms. The van der Waals surface area contributed by atoms with Crippen LogP contribution in [-0.4, -0.2) is 275 Å². The van der Waals surface area contributed by atoms with Crippen molar-refractivity contribution in [3.8, 4) is 0 Å². The Morgan fingerprint density at radius 1 is 0.602 bits per heavy atom. The number of carbonyl (C=O) groups is 12. The molecule has 4 aliphatic carbocycles. The number of alkyl halides is 6. The lowest BCUT2D eigenvalue weighted by Crippen LogP contribution is -2.65. The van der Waals surface area contributed by atoms with Crippen molar-refractivity contribution in [2.75, 3.05) is 76.5 Å². The fourth-order valence-corrected chi connectivity index (χ4v) is 16.6. The number of nitrogens with zero attached hydrogens (tertiary/aromatic N) is 9. The second-order valence-electron chi connectivity index (χ2n) is 31.4. The largest absolute Gasteiger partial charge is 0.393 e. The fraction of sp³-hybridized carbons (Fsp3) is 0.836. The molecule has 1 spiro atoms. The van der Waals surface area contributed by atoms with Gasteiger partial charge >= 0.3 is 6.18 Å². The number of hydrogen-bond donors (Lipinski definition) is 3. The Morgan fingerprint density at radius 3 is 1.74 bits per heavy atom. The highest BCUT2D eigenvalue weighted by Gasteiger charge is 2.52. The highest BCUT2D eigenvalue weighted by atomic mass is 35.5. The summed E-state index contributed by atoms with van der Waals surface area (Å²) in [5.41, 5.74) is -1.74. The minimum absolute atomic E-state index is 0.0269. The molecule has 30 heteroatoms. The maximum absolute atomic E-state index is 15.6. The molecule has 12 amide bonds. The van der Waals surface area contributed by atoms with Gasteiger partial charge in [0.15, 0.2) is 0 Å². The van der Waals surface area contributed by atoms with Crippen LogP contribution in [0.15, 0.2) is 0 Å². The summed E-state index contributed by atoms with van der Waals surface area (Å²) in [6, 6.07) is -11.8. The minimum atomic E-state index is -4.57. The molecule has 0 aromatic carbocycles. The predicted octanol–water partition coefficient (Wildman–Crippen LogP) is 6.48. The van der Waals surface area contributed by atoms with Crippen LogP contribution in [-0.2, 0) is 57.5 Å². The van der Waals surface area contributed by atoms with Crippen LogP contribution in [0.25, 0.3) is 0 Å². The summed E-state index contributed by atoms with van der Waals surface area (Å²) in [6.07, 6.45) is -4.79. The Bertz CT molecular complexity index is 3030. The molecule has 584 valence electrons. The third-order valence-corrected chi connectivity index (χ3v) is 24.6. The van der Waals surface area contributed by atoms with Gasteiger partial charge in [0.25, 0.3) is 0 Å². The lowest BCUT2D eigenvalue weighted by Gasteiger charge is -2.45. The van der Waals surface area contributed by atoms with Crippen LogP contribution in [0, 0.1) is 41.4 Å². The van der Waals surface area contributed by atoms with Crippen molar-refractivity contribution in [2.45, 2.75) is 274 Å². The van der Waals surface area contributed by atoms with Crippen LogP contribution in [0.4, 0.5) is 22.0 Å². The van der Waals surface area contributed by atoms with Crippen LogP contribution in [0.1, 0.15) is 190 Å². The van der Waals surface area contributed by atoms with Gasteiger partial charge in [-0.2, -0.15) is 13.2 Å². The number of rotatable bonds is 12. The summed E-state index contributed by atoms with van der Waals surface area (Å²) in [5, 5.41) is 7.27. The molecule has 6 unspecified atom stereocenters. The van der Waals surface area contributed by atoms with E-state index >= 15 is 28.4 Å². The molecule has 2 aliphatic heterocycles. The lowest BCUT2D eigenvalue weighted by molar-refractivity contribution is -0.182. The van der Waals surface area contributed by atoms with Gasteiger partial charge in [-0.3, -0.25) is 57.5 Å². The molecule has 24 nitrogen and oxygen atoms in total. The van der Waals surface area contributed by atoms with Gasteiger partial charge in [-0.15, -0.1) is 11.6 Å². The quantitative estimate of drug-likeness (QED) is 0.140. The summed E-state index contributed by atoms with van der Waals surface area (Å²) in [5.74, 6) is -12.4. The van der Waals surface area contributed by atoms with Crippen LogP contribution in [0.5, 0.6) is 0 Å². The highest BCUT2D eigenvalue weighted by molar-refractivity contribution is 6.21. The number of amides is 12. The van der Waals surface area contributed by atoms with Crippen LogP contribution in [0.2, 0.25) is 0 Å². The molecule has 2 heterocycles. The third kappa shape index (κ3) is 20.6. The molecule has 6 fully saturated rings. The van der Waals surface area contributed by atoms with E-state index in [1.807, 2.05) is 0 Å². The normalized spacial score (nSPS) is 33.5. The van der Waals surface area contributed by atoms with E-state index in [2.05, 4.69) is 22.9 Å². The van der Waals surface area contributed by atoms with E-state index in [1.165, 1.54) is 102 Å². The zero-order valence-electron chi connectivity index (χ0n) is 63.6. The monoisotopic (exact) mass is 1480 g/mol. The van der Waals surface area contributed by atoms with E-state index in [-0.39, 0.29) is 95.9 Å². The van der Waals surface area contributed by atoms with Crippen LogP contribution in [0.3, 0.4) is 0 Å². The maximum Gasteiger partial charge on any atom is 0.393 e. The van der Waals surface area contributed by atoms with Gasteiger partial charge in [0.2, 0.25) is 70.9 Å². The van der Waals surface area contributed by atoms with Gasteiger partial charge < -0.3 is 60.0 Å². The third-order valence-electron chi connectivity index (χ3n) is 24.1. The van der Waals surface area contributed by atoms with Gasteiger partial charge in [0.1, 0.15) is 72.3 Å². The summed E-state index contributed by atoms with van der Waals surface area (Å²) < 4.78 is 72.6. The van der Waals surface area contributed by atoms with E-state index in [0.29, 0.717) is 31.6 Å². The van der Waals surface area contributed by atoms with Gasteiger partial charge in [-0.05, 0) is 133 Å². The molecule has 103 heavy (non-hydrogen) atoms. The number of fused-ring (bicyclic) bond motifs is 1. The standard InChI is InChI=1S/C73H118ClF5N12O12/c1-17-42(4)60-69(101)86(12)45(7)64(96)91-34-31-54(91)68(100)88(14)56(37-47-23-21-41(3)22-24-47)67(99)84(10)40-58(92)80-53(30-27-46-25-28-49(50(74)35-46)73(77,78)79)65(97)87(13)55(38-48-26-29-51(75)52(76)36-48)63(95)82-72(32-19-20-33-72)71(103)90(16)61(43(5)18-2)70(102)89(15)57(66(98)83(8)9)39-59(93)85(11)44(6)62(94)81-60/h41-57,60-61H,17-40H2,1-16H3,(H,80,92)(H,81,94)(H,82,95)/t41?,42-,43-,44-,45-,46?,47?,48?,49?,50?,51?,52?,53-,54-,55-,56-,57-,60-,61-/m0/s1. The van der Waals surface area contributed by atoms with Gasteiger partial charge in [0.05, 0.1) is 18.9 Å². The van der Waals surface area contributed by atoms with Crippen molar-refractivity contribution in [3.63, 3.8) is 0 Å². The van der Waals surface area contributed by atoms with E-state index in [9.17, 15) is 51.1 Å². The smallest absolute Gasteiger partial charge is 0.347 e. The molecule has 4 saturated carbocycles. The second-order valence-corrected chi connectivity index (χ2v) is 32.0. The number of likely N-dealkylation sites (N-methyl/N-ethyl adjacent to an activating group) is 8. The van der Waals surface area contributed by atoms with Crippen molar-refractivity contribution in [2.24, 2.45) is 41.4 Å². The lowest BCUT2D eigenvalue weighted by atomic mass is 9.78. The average Bonchev–Trinajstić information content (AvgIpc) is 1.76. The molecule has 17 atom stereocenters. The van der Waals surface area contributed by atoms with Crippen LogP contribution < -0.4 is 16.0 Å². The van der Waals surface area contributed by atoms with Crippen molar-refractivity contribution < 1.29 is 79.5 Å². The Hall–Kier alpha value is -6.42.